The first kappa shape index (κ1) is 18.5. The molecule has 0 radical (unpaired) electrons. The first-order valence-electron chi connectivity index (χ1n) is 8.63. The van der Waals surface area contributed by atoms with Gasteiger partial charge in [-0.05, 0) is 50.2 Å². The van der Waals surface area contributed by atoms with E-state index < -0.39 is 5.97 Å². The lowest BCUT2D eigenvalue weighted by Crippen LogP contribution is -2.39. The molecule has 1 aromatic carbocycles. The number of carbonyl (C=O) groups is 2. The van der Waals surface area contributed by atoms with Crippen LogP contribution in [0.15, 0.2) is 24.3 Å². The van der Waals surface area contributed by atoms with Gasteiger partial charge in [0.2, 0.25) is 5.91 Å². The van der Waals surface area contributed by atoms with E-state index in [9.17, 15) is 14.7 Å². The molecule has 24 heavy (non-hydrogen) atoms. The minimum absolute atomic E-state index is 0.110. The highest BCUT2D eigenvalue weighted by molar-refractivity contribution is 5.89. The van der Waals surface area contributed by atoms with E-state index >= 15 is 0 Å². The van der Waals surface area contributed by atoms with Crippen LogP contribution in [0.5, 0.6) is 0 Å². The second kappa shape index (κ2) is 8.83. The zero-order valence-corrected chi connectivity index (χ0v) is 14.5. The van der Waals surface area contributed by atoms with Crippen LogP contribution in [-0.2, 0) is 16.0 Å². The molecule has 1 N–H and O–H groups in total. The molecule has 5 nitrogen and oxygen atoms in total. The van der Waals surface area contributed by atoms with Crippen LogP contribution in [0.3, 0.4) is 0 Å². The maximum atomic E-state index is 12.2. The zero-order chi connectivity index (χ0) is 17.5. The van der Waals surface area contributed by atoms with Crippen LogP contribution in [0.25, 0.3) is 0 Å². The van der Waals surface area contributed by atoms with Gasteiger partial charge in [-0.25, -0.2) is 4.79 Å². The third kappa shape index (κ3) is 5.06. The lowest BCUT2D eigenvalue weighted by Gasteiger charge is -2.32. The number of hydrogen-bond acceptors (Lipinski definition) is 3. The second-order valence-electron chi connectivity index (χ2n) is 6.58. The summed E-state index contributed by atoms with van der Waals surface area (Å²) in [5.74, 6) is -0.235. The van der Waals surface area contributed by atoms with Crippen molar-refractivity contribution in [2.45, 2.75) is 45.1 Å². The Kier molecular flexibility index (Phi) is 6.79. The summed E-state index contributed by atoms with van der Waals surface area (Å²) in [6.45, 7) is 3.50. The number of ether oxygens (including phenoxy) is 1. The van der Waals surface area contributed by atoms with E-state index in [4.69, 9.17) is 4.74 Å². The number of carboxylic acid groups (broad SMARTS) is 1. The molecule has 2 rings (SSSR count). The number of aromatic carboxylic acids is 1. The molecular weight excluding hydrogens is 306 g/mol. The van der Waals surface area contributed by atoms with Crippen molar-refractivity contribution in [1.29, 1.82) is 0 Å². The van der Waals surface area contributed by atoms with Crippen molar-refractivity contribution in [2.24, 2.45) is 5.92 Å². The molecule has 1 amide bonds. The number of methoxy groups -OCH3 is 1. The van der Waals surface area contributed by atoms with Crippen LogP contribution in [-0.4, -0.2) is 48.2 Å². The predicted molar refractivity (Wildman–Crippen MR) is 92.1 cm³/mol. The Balaban J connectivity index is 1.83. The Labute approximate surface area is 143 Å². The monoisotopic (exact) mass is 333 g/mol. The number of carbonyl (C=O) groups excluding carboxylic acids is 1. The van der Waals surface area contributed by atoms with Crippen LogP contribution < -0.4 is 0 Å². The van der Waals surface area contributed by atoms with Crippen molar-refractivity contribution in [3.05, 3.63) is 35.4 Å². The van der Waals surface area contributed by atoms with Crippen LogP contribution in [0.1, 0.15) is 48.5 Å². The Morgan fingerprint density at radius 1 is 1.29 bits per heavy atom. The Morgan fingerprint density at radius 2 is 1.96 bits per heavy atom. The number of benzene rings is 1. The minimum atomic E-state index is -0.870. The van der Waals surface area contributed by atoms with E-state index in [0.29, 0.717) is 17.9 Å². The van der Waals surface area contributed by atoms with Gasteiger partial charge in [0.15, 0.2) is 0 Å². The Bertz CT molecular complexity index is 564. The van der Waals surface area contributed by atoms with Crippen molar-refractivity contribution >= 4 is 11.9 Å². The maximum Gasteiger partial charge on any atom is 0.335 e. The molecule has 1 aromatic rings. The molecule has 1 unspecified atom stereocenters. The molecule has 1 heterocycles. The van der Waals surface area contributed by atoms with Gasteiger partial charge in [-0.3, -0.25) is 4.79 Å². The standard InChI is InChI=1S/C19H27NO4/c1-14(24-2)7-8-18(21)20-11-9-15(10-12-20)13-16-5-3-4-6-17(16)19(22)23/h3-6,14-15H,7-13H2,1-2H3,(H,22,23). The summed E-state index contributed by atoms with van der Waals surface area (Å²) in [6.07, 6.45) is 4.02. The normalized spacial score (nSPS) is 16.8. The summed E-state index contributed by atoms with van der Waals surface area (Å²) < 4.78 is 5.18. The Hall–Kier alpha value is -1.88. The molecular formula is C19H27NO4. The van der Waals surface area contributed by atoms with Crippen LogP contribution in [0.2, 0.25) is 0 Å². The zero-order valence-electron chi connectivity index (χ0n) is 14.5. The molecule has 132 valence electrons. The molecule has 1 atom stereocenters. The van der Waals surface area contributed by atoms with Gasteiger partial charge in [0.25, 0.3) is 0 Å². The highest BCUT2D eigenvalue weighted by Crippen LogP contribution is 2.24. The molecule has 0 bridgehead atoms. The lowest BCUT2D eigenvalue weighted by molar-refractivity contribution is -0.133. The molecule has 1 fully saturated rings. The fourth-order valence-electron chi connectivity index (χ4n) is 3.21. The molecule has 0 aliphatic carbocycles. The third-order valence-electron chi connectivity index (χ3n) is 4.89. The van der Waals surface area contributed by atoms with E-state index in [1.54, 1.807) is 19.2 Å². The fraction of sp³-hybridized carbons (Fsp3) is 0.579. The molecule has 1 saturated heterocycles. The van der Waals surface area contributed by atoms with Gasteiger partial charge in [-0.15, -0.1) is 0 Å². The van der Waals surface area contributed by atoms with Gasteiger partial charge in [0.05, 0.1) is 11.7 Å². The highest BCUT2D eigenvalue weighted by atomic mass is 16.5. The molecule has 0 saturated carbocycles. The van der Waals surface area contributed by atoms with Gasteiger partial charge >= 0.3 is 5.97 Å². The van der Waals surface area contributed by atoms with Crippen LogP contribution >= 0.6 is 0 Å². The van der Waals surface area contributed by atoms with E-state index in [2.05, 4.69) is 0 Å². The minimum Gasteiger partial charge on any atom is -0.478 e. The highest BCUT2D eigenvalue weighted by Gasteiger charge is 2.24. The molecule has 0 spiro atoms. The number of piperidine rings is 1. The molecule has 1 aliphatic heterocycles. The maximum absolute atomic E-state index is 12.2. The van der Waals surface area contributed by atoms with Crippen LogP contribution in [0.4, 0.5) is 0 Å². The predicted octanol–water partition coefficient (Wildman–Crippen LogP) is 2.98. The summed E-state index contributed by atoms with van der Waals surface area (Å²) in [5, 5.41) is 9.27. The number of likely N-dealkylation sites (tertiary alicyclic amines) is 1. The van der Waals surface area contributed by atoms with E-state index in [1.165, 1.54) is 0 Å². The first-order valence-corrected chi connectivity index (χ1v) is 8.63. The fourth-order valence-corrected chi connectivity index (χ4v) is 3.21. The van der Waals surface area contributed by atoms with Gasteiger partial charge in [0, 0.05) is 26.6 Å². The SMILES string of the molecule is COC(C)CCC(=O)N1CCC(Cc2ccccc2C(=O)O)CC1. The van der Waals surface area contributed by atoms with Crippen molar-refractivity contribution in [1.82, 2.24) is 4.90 Å². The van der Waals surface area contributed by atoms with Crippen molar-refractivity contribution in [3.8, 4) is 0 Å². The van der Waals surface area contributed by atoms with E-state index in [-0.39, 0.29) is 12.0 Å². The Morgan fingerprint density at radius 3 is 2.58 bits per heavy atom. The van der Waals surface area contributed by atoms with E-state index in [0.717, 1.165) is 44.3 Å². The molecule has 0 aromatic heterocycles. The number of carboxylic acids is 1. The quantitative estimate of drug-likeness (QED) is 0.833. The average molecular weight is 333 g/mol. The van der Waals surface area contributed by atoms with Gasteiger partial charge in [-0.1, -0.05) is 18.2 Å². The van der Waals surface area contributed by atoms with Gasteiger partial charge in [-0.2, -0.15) is 0 Å². The average Bonchev–Trinajstić information content (AvgIpc) is 2.60. The third-order valence-corrected chi connectivity index (χ3v) is 4.89. The number of rotatable bonds is 7. The van der Waals surface area contributed by atoms with Crippen molar-refractivity contribution < 1.29 is 19.4 Å². The van der Waals surface area contributed by atoms with Gasteiger partial charge in [0.1, 0.15) is 0 Å². The number of amides is 1. The van der Waals surface area contributed by atoms with E-state index in [1.807, 2.05) is 24.0 Å². The van der Waals surface area contributed by atoms with Crippen LogP contribution in [0, 0.1) is 5.92 Å². The first-order chi connectivity index (χ1) is 11.5. The molecule has 1 aliphatic rings. The summed E-state index contributed by atoms with van der Waals surface area (Å²) in [5.41, 5.74) is 1.29. The number of hydrogen-bond donors (Lipinski definition) is 1. The van der Waals surface area contributed by atoms with Crippen molar-refractivity contribution in [2.75, 3.05) is 20.2 Å². The topological polar surface area (TPSA) is 66.8 Å². The summed E-state index contributed by atoms with van der Waals surface area (Å²) in [7, 11) is 1.66. The summed E-state index contributed by atoms with van der Waals surface area (Å²) >= 11 is 0. The number of nitrogens with zero attached hydrogens (tertiary/aromatic N) is 1. The summed E-state index contributed by atoms with van der Waals surface area (Å²) in [4.78, 5) is 25.4. The largest absolute Gasteiger partial charge is 0.478 e. The lowest BCUT2D eigenvalue weighted by atomic mass is 9.88. The summed E-state index contributed by atoms with van der Waals surface area (Å²) in [6, 6.07) is 7.20. The smallest absolute Gasteiger partial charge is 0.335 e. The molecule has 5 heteroatoms. The van der Waals surface area contributed by atoms with Gasteiger partial charge < -0.3 is 14.7 Å². The second-order valence-corrected chi connectivity index (χ2v) is 6.58. The van der Waals surface area contributed by atoms with Crippen molar-refractivity contribution in [3.63, 3.8) is 0 Å².